The molecule has 1 aromatic rings. The predicted octanol–water partition coefficient (Wildman–Crippen LogP) is 2.08. The first kappa shape index (κ1) is 12.0. The minimum atomic E-state index is -1.18. The van der Waals surface area contributed by atoms with Crippen LogP contribution in [0.4, 0.5) is 4.39 Å². The summed E-state index contributed by atoms with van der Waals surface area (Å²) < 4.78 is 13.8. The Morgan fingerprint density at radius 3 is 2.41 bits per heavy atom. The maximum absolute atomic E-state index is 13.8. The Morgan fingerprint density at radius 2 is 1.88 bits per heavy atom. The highest BCUT2D eigenvalue weighted by molar-refractivity contribution is 5.81. The standard InChI is InChI=1S/C13H15FO3/c14-11-4-2-1-3-10(11)13(12(16)17)7-5-9(15)6-8-13/h1-4,9,15H,5-8H2,(H,16,17). The highest BCUT2D eigenvalue weighted by Crippen LogP contribution is 2.40. The number of hydrogen-bond acceptors (Lipinski definition) is 2. The predicted molar refractivity (Wildman–Crippen MR) is 60.2 cm³/mol. The number of carboxylic acid groups (broad SMARTS) is 1. The molecule has 2 N–H and O–H groups in total. The molecule has 0 atom stereocenters. The van der Waals surface area contributed by atoms with E-state index in [0.29, 0.717) is 12.8 Å². The quantitative estimate of drug-likeness (QED) is 0.829. The molecule has 1 saturated carbocycles. The van der Waals surface area contributed by atoms with Gasteiger partial charge in [0.15, 0.2) is 0 Å². The van der Waals surface area contributed by atoms with Crippen LogP contribution in [0.15, 0.2) is 24.3 Å². The first-order valence-electron chi connectivity index (χ1n) is 5.73. The molecule has 4 heteroatoms. The summed E-state index contributed by atoms with van der Waals surface area (Å²) in [7, 11) is 0. The van der Waals surface area contributed by atoms with Crippen molar-refractivity contribution < 1.29 is 19.4 Å². The molecule has 1 aromatic carbocycles. The van der Waals surface area contributed by atoms with Gasteiger partial charge in [0.2, 0.25) is 0 Å². The van der Waals surface area contributed by atoms with E-state index in [9.17, 15) is 19.4 Å². The zero-order chi connectivity index (χ0) is 12.5. The summed E-state index contributed by atoms with van der Waals surface area (Å²) in [5.41, 5.74) is -0.940. The fourth-order valence-electron chi connectivity index (χ4n) is 2.54. The van der Waals surface area contributed by atoms with Crippen LogP contribution >= 0.6 is 0 Å². The SMILES string of the molecule is O=C(O)C1(c2ccccc2F)CCC(O)CC1. The second-order valence-corrected chi connectivity index (χ2v) is 4.60. The van der Waals surface area contributed by atoms with Gasteiger partial charge in [-0.1, -0.05) is 18.2 Å². The van der Waals surface area contributed by atoms with Crippen molar-refractivity contribution in [1.29, 1.82) is 0 Å². The molecule has 0 saturated heterocycles. The molecule has 0 amide bonds. The number of benzene rings is 1. The molecule has 0 spiro atoms. The van der Waals surface area contributed by atoms with Gasteiger partial charge in [0.25, 0.3) is 0 Å². The summed E-state index contributed by atoms with van der Waals surface area (Å²) >= 11 is 0. The van der Waals surface area contributed by atoms with Crippen LogP contribution in [-0.2, 0) is 10.2 Å². The Kier molecular flexibility index (Phi) is 3.15. The Hall–Kier alpha value is -1.42. The van der Waals surface area contributed by atoms with Crippen LogP contribution < -0.4 is 0 Å². The third kappa shape index (κ3) is 2.05. The first-order valence-corrected chi connectivity index (χ1v) is 5.73. The van der Waals surface area contributed by atoms with E-state index < -0.39 is 23.3 Å². The summed E-state index contributed by atoms with van der Waals surface area (Å²) in [6.45, 7) is 0. The van der Waals surface area contributed by atoms with Crippen molar-refractivity contribution in [2.75, 3.05) is 0 Å². The third-order valence-corrected chi connectivity index (χ3v) is 3.61. The van der Waals surface area contributed by atoms with Crippen LogP contribution in [0.5, 0.6) is 0 Å². The van der Waals surface area contributed by atoms with Crippen LogP contribution in [0.2, 0.25) is 0 Å². The Morgan fingerprint density at radius 1 is 1.29 bits per heavy atom. The minimum Gasteiger partial charge on any atom is -0.481 e. The van der Waals surface area contributed by atoms with E-state index in [1.165, 1.54) is 12.1 Å². The Bertz CT molecular complexity index is 422. The second-order valence-electron chi connectivity index (χ2n) is 4.60. The minimum absolute atomic E-state index is 0.236. The summed E-state index contributed by atoms with van der Waals surface area (Å²) in [4.78, 5) is 11.5. The lowest BCUT2D eigenvalue weighted by Crippen LogP contribution is -2.41. The van der Waals surface area contributed by atoms with Gasteiger partial charge in [0, 0.05) is 5.56 Å². The molecule has 92 valence electrons. The average molecular weight is 238 g/mol. The molecule has 1 aliphatic carbocycles. The normalized spacial score (nSPS) is 28.9. The fraction of sp³-hybridized carbons (Fsp3) is 0.462. The highest BCUT2D eigenvalue weighted by Gasteiger charge is 2.44. The summed E-state index contributed by atoms with van der Waals surface area (Å²) in [6.07, 6.45) is 0.908. The topological polar surface area (TPSA) is 57.5 Å². The Labute approximate surface area is 98.9 Å². The van der Waals surface area contributed by atoms with Crippen molar-refractivity contribution in [3.8, 4) is 0 Å². The average Bonchev–Trinajstić information content (AvgIpc) is 2.31. The van der Waals surface area contributed by atoms with Gasteiger partial charge < -0.3 is 10.2 Å². The lowest BCUT2D eigenvalue weighted by atomic mass is 9.68. The van der Waals surface area contributed by atoms with Gasteiger partial charge in [-0.2, -0.15) is 0 Å². The lowest BCUT2D eigenvalue weighted by Gasteiger charge is -2.35. The molecule has 0 radical (unpaired) electrons. The fourth-order valence-corrected chi connectivity index (χ4v) is 2.54. The molecule has 0 unspecified atom stereocenters. The number of aliphatic carboxylic acids is 1. The van der Waals surface area contributed by atoms with Crippen LogP contribution in [0.1, 0.15) is 31.2 Å². The van der Waals surface area contributed by atoms with E-state index in [4.69, 9.17) is 0 Å². The lowest BCUT2D eigenvalue weighted by molar-refractivity contribution is -0.146. The van der Waals surface area contributed by atoms with Crippen molar-refractivity contribution in [1.82, 2.24) is 0 Å². The number of carboxylic acids is 1. The molecule has 0 aromatic heterocycles. The summed E-state index contributed by atoms with van der Waals surface area (Å²) in [6, 6.07) is 6.01. The van der Waals surface area contributed by atoms with Gasteiger partial charge >= 0.3 is 5.97 Å². The largest absolute Gasteiger partial charge is 0.481 e. The maximum Gasteiger partial charge on any atom is 0.314 e. The van der Waals surface area contributed by atoms with Crippen molar-refractivity contribution in [2.24, 2.45) is 0 Å². The molecule has 1 fully saturated rings. The van der Waals surface area contributed by atoms with Gasteiger partial charge in [-0.25, -0.2) is 4.39 Å². The van der Waals surface area contributed by atoms with Gasteiger partial charge in [0.05, 0.1) is 11.5 Å². The molecule has 0 bridgehead atoms. The van der Waals surface area contributed by atoms with Gasteiger partial charge in [-0.3, -0.25) is 4.79 Å². The van der Waals surface area contributed by atoms with E-state index in [-0.39, 0.29) is 18.4 Å². The summed E-state index contributed by atoms with van der Waals surface area (Å²) in [5, 5.41) is 18.9. The highest BCUT2D eigenvalue weighted by atomic mass is 19.1. The number of hydrogen-bond donors (Lipinski definition) is 2. The van der Waals surface area contributed by atoms with Crippen molar-refractivity contribution in [2.45, 2.75) is 37.2 Å². The van der Waals surface area contributed by atoms with E-state index in [1.54, 1.807) is 12.1 Å². The number of rotatable bonds is 2. The van der Waals surface area contributed by atoms with Gasteiger partial charge in [-0.15, -0.1) is 0 Å². The van der Waals surface area contributed by atoms with Crippen molar-refractivity contribution >= 4 is 5.97 Å². The second kappa shape index (κ2) is 4.45. The van der Waals surface area contributed by atoms with Crippen LogP contribution in [0, 0.1) is 5.82 Å². The molecule has 2 rings (SSSR count). The molecule has 3 nitrogen and oxygen atoms in total. The number of aliphatic hydroxyl groups is 1. The van der Waals surface area contributed by atoms with E-state index >= 15 is 0 Å². The molecular formula is C13H15FO3. The van der Waals surface area contributed by atoms with E-state index in [1.807, 2.05) is 0 Å². The molecular weight excluding hydrogens is 223 g/mol. The van der Waals surface area contributed by atoms with E-state index in [0.717, 1.165) is 0 Å². The van der Waals surface area contributed by atoms with Crippen molar-refractivity contribution in [3.63, 3.8) is 0 Å². The van der Waals surface area contributed by atoms with Gasteiger partial charge in [-0.05, 0) is 31.7 Å². The number of carbonyl (C=O) groups is 1. The monoisotopic (exact) mass is 238 g/mol. The van der Waals surface area contributed by atoms with Crippen molar-refractivity contribution in [3.05, 3.63) is 35.6 Å². The molecule has 0 aliphatic heterocycles. The number of halogens is 1. The van der Waals surface area contributed by atoms with Gasteiger partial charge in [0.1, 0.15) is 5.82 Å². The maximum atomic E-state index is 13.8. The third-order valence-electron chi connectivity index (χ3n) is 3.61. The van der Waals surface area contributed by atoms with Crippen LogP contribution in [0.3, 0.4) is 0 Å². The molecule has 1 aliphatic rings. The molecule has 0 heterocycles. The first-order chi connectivity index (χ1) is 8.06. The Balaban J connectivity index is 2.42. The number of aliphatic hydroxyl groups excluding tert-OH is 1. The molecule has 17 heavy (non-hydrogen) atoms. The zero-order valence-electron chi connectivity index (χ0n) is 9.40. The zero-order valence-corrected chi connectivity index (χ0v) is 9.40. The van der Waals surface area contributed by atoms with Crippen LogP contribution in [0.25, 0.3) is 0 Å². The van der Waals surface area contributed by atoms with E-state index in [2.05, 4.69) is 0 Å². The smallest absolute Gasteiger partial charge is 0.314 e. The van der Waals surface area contributed by atoms with Crippen LogP contribution in [-0.4, -0.2) is 22.3 Å². The summed E-state index contributed by atoms with van der Waals surface area (Å²) in [5.74, 6) is -1.49.